The number of halogens is 4. The van der Waals surface area contributed by atoms with E-state index >= 15 is 0 Å². The molecule has 1 atom stereocenters. The minimum atomic E-state index is -4.72. The summed E-state index contributed by atoms with van der Waals surface area (Å²) in [6.45, 7) is 0. The van der Waals surface area contributed by atoms with Crippen molar-refractivity contribution in [1.82, 2.24) is 10.1 Å². The fraction of sp³-hybridized carbons (Fsp3) is 0.176. The third-order valence-corrected chi connectivity index (χ3v) is 4.88. The number of alkyl halides is 3. The lowest BCUT2D eigenvalue weighted by atomic mass is 10.2. The maximum atomic E-state index is 13.2. The summed E-state index contributed by atoms with van der Waals surface area (Å²) in [6.07, 6.45) is -3.27. The molecule has 0 bridgehead atoms. The van der Waals surface area contributed by atoms with E-state index in [4.69, 9.17) is 0 Å². The van der Waals surface area contributed by atoms with Gasteiger partial charge in [0, 0.05) is 11.8 Å². The number of hydrogen-bond donors (Lipinski definition) is 0. The third-order valence-electron chi connectivity index (χ3n) is 3.42. The molecule has 0 aliphatic carbocycles. The van der Waals surface area contributed by atoms with Crippen molar-refractivity contribution in [3.05, 3.63) is 65.8 Å². The number of hydrogen-bond acceptors (Lipinski definition) is 5. The lowest BCUT2D eigenvalue weighted by Gasteiger charge is -2.05. The average Bonchev–Trinajstić information content (AvgIpc) is 3.05. The highest BCUT2D eigenvalue weighted by Gasteiger charge is 2.38. The Morgan fingerprint density at radius 2 is 1.85 bits per heavy atom. The van der Waals surface area contributed by atoms with Gasteiger partial charge in [0.2, 0.25) is 5.82 Å². The highest BCUT2D eigenvalue weighted by Crippen LogP contribution is 2.30. The van der Waals surface area contributed by atoms with Crippen LogP contribution in [0.15, 0.2) is 57.4 Å². The number of nitrogens with zero attached hydrogens (tertiary/aromatic N) is 3. The van der Waals surface area contributed by atoms with E-state index in [-0.39, 0.29) is 11.6 Å². The normalized spacial score (nSPS) is 14.0. The van der Waals surface area contributed by atoms with Crippen molar-refractivity contribution in [2.45, 2.75) is 11.9 Å². The van der Waals surface area contributed by atoms with E-state index in [0.717, 1.165) is 0 Å². The Kier molecular flexibility index (Phi) is 5.01. The van der Waals surface area contributed by atoms with Gasteiger partial charge in [0.25, 0.3) is 0 Å². The Morgan fingerprint density at radius 1 is 1.15 bits per heavy atom. The number of rotatable bonds is 4. The summed E-state index contributed by atoms with van der Waals surface area (Å²) in [4.78, 5) is 3.29. The van der Waals surface area contributed by atoms with Crippen LogP contribution in [0.25, 0.3) is 11.4 Å². The molecule has 2 aromatic carbocycles. The minimum absolute atomic E-state index is 0.0618. The molecule has 0 aliphatic heterocycles. The molecule has 0 N–H and O–H groups in total. The standard InChI is InChI=1S/C17H13F4N3O2S/c1-27(25,10-11-3-2-4-13(18)9-11)24-14-7-5-12(6-8-14)15-22-16(26-23-15)17(19,20)21/h2-9H,10H2,1H3. The third kappa shape index (κ3) is 4.91. The molecular formula is C17H13F4N3O2S. The Bertz CT molecular complexity index is 1070. The van der Waals surface area contributed by atoms with Crippen LogP contribution < -0.4 is 0 Å². The molecule has 0 amide bonds. The van der Waals surface area contributed by atoms with Crippen molar-refractivity contribution < 1.29 is 26.3 Å². The summed E-state index contributed by atoms with van der Waals surface area (Å²) in [5.74, 6) is -2.01. The van der Waals surface area contributed by atoms with E-state index < -0.39 is 27.6 Å². The second-order valence-electron chi connectivity index (χ2n) is 5.79. The largest absolute Gasteiger partial charge is 0.471 e. The van der Waals surface area contributed by atoms with Gasteiger partial charge in [-0.1, -0.05) is 17.3 Å². The molecule has 142 valence electrons. The van der Waals surface area contributed by atoms with Gasteiger partial charge in [-0.15, -0.1) is 0 Å². The molecule has 1 aromatic heterocycles. The summed E-state index contributed by atoms with van der Waals surface area (Å²) < 4.78 is 71.7. The van der Waals surface area contributed by atoms with Crippen LogP contribution in [-0.4, -0.2) is 20.6 Å². The molecular weight excluding hydrogens is 386 g/mol. The Balaban J connectivity index is 1.81. The van der Waals surface area contributed by atoms with E-state index in [1.807, 2.05) is 0 Å². The SMILES string of the molecule is CS(=O)(Cc1cccc(F)c1)=Nc1ccc(-c2noc(C(F)(F)F)n2)cc1. The summed E-state index contributed by atoms with van der Waals surface area (Å²) in [7, 11) is -2.69. The monoisotopic (exact) mass is 399 g/mol. The van der Waals surface area contributed by atoms with Gasteiger partial charge >= 0.3 is 12.1 Å². The van der Waals surface area contributed by atoms with E-state index in [1.165, 1.54) is 48.7 Å². The van der Waals surface area contributed by atoms with Crippen molar-refractivity contribution in [3.63, 3.8) is 0 Å². The van der Waals surface area contributed by atoms with Gasteiger partial charge in [0.15, 0.2) is 0 Å². The Morgan fingerprint density at radius 3 is 2.44 bits per heavy atom. The molecule has 3 rings (SSSR count). The van der Waals surface area contributed by atoms with Gasteiger partial charge in [-0.25, -0.2) is 8.60 Å². The van der Waals surface area contributed by atoms with Gasteiger partial charge in [0.1, 0.15) is 5.82 Å². The molecule has 0 fully saturated rings. The van der Waals surface area contributed by atoms with Crippen LogP contribution >= 0.6 is 0 Å². The van der Waals surface area contributed by atoms with Gasteiger partial charge in [0.05, 0.1) is 21.2 Å². The maximum absolute atomic E-state index is 13.2. The first-order valence-corrected chi connectivity index (χ1v) is 9.67. The van der Waals surface area contributed by atoms with Crippen molar-refractivity contribution in [1.29, 1.82) is 0 Å². The zero-order valence-electron chi connectivity index (χ0n) is 13.9. The molecule has 0 aliphatic rings. The second-order valence-corrected chi connectivity index (χ2v) is 8.18. The van der Waals surface area contributed by atoms with E-state index in [2.05, 4.69) is 19.0 Å². The predicted molar refractivity (Wildman–Crippen MR) is 91.0 cm³/mol. The lowest BCUT2D eigenvalue weighted by Crippen LogP contribution is -2.04. The van der Waals surface area contributed by atoms with Gasteiger partial charge in [-0.3, -0.25) is 0 Å². The van der Waals surface area contributed by atoms with Crippen LogP contribution in [0.2, 0.25) is 0 Å². The van der Waals surface area contributed by atoms with Crippen LogP contribution in [0, 0.1) is 5.82 Å². The first-order valence-electron chi connectivity index (χ1n) is 7.58. The summed E-state index contributed by atoms with van der Waals surface area (Å²) >= 11 is 0. The highest BCUT2D eigenvalue weighted by molar-refractivity contribution is 7.92. The van der Waals surface area contributed by atoms with Crippen LogP contribution in [0.3, 0.4) is 0 Å². The maximum Gasteiger partial charge on any atom is 0.471 e. The zero-order chi connectivity index (χ0) is 19.7. The summed E-state index contributed by atoms with van der Waals surface area (Å²) in [5.41, 5.74) is 1.21. The smallest absolute Gasteiger partial charge is 0.329 e. The molecule has 0 radical (unpaired) electrons. The van der Waals surface area contributed by atoms with E-state index in [1.54, 1.807) is 6.07 Å². The molecule has 0 saturated carbocycles. The molecule has 1 heterocycles. The molecule has 3 aromatic rings. The molecule has 27 heavy (non-hydrogen) atoms. The average molecular weight is 399 g/mol. The van der Waals surface area contributed by atoms with E-state index in [9.17, 15) is 21.8 Å². The number of aromatic nitrogens is 2. The summed E-state index contributed by atoms with van der Waals surface area (Å²) in [5, 5.41) is 3.29. The van der Waals surface area contributed by atoms with Crippen molar-refractivity contribution >= 4 is 15.4 Å². The predicted octanol–water partition coefficient (Wildman–Crippen LogP) is 4.82. The fourth-order valence-electron chi connectivity index (χ4n) is 2.32. The van der Waals surface area contributed by atoms with Crippen LogP contribution in [0.4, 0.5) is 23.2 Å². The minimum Gasteiger partial charge on any atom is -0.329 e. The topological polar surface area (TPSA) is 68.3 Å². The van der Waals surface area contributed by atoms with Gasteiger partial charge in [-0.05, 0) is 42.0 Å². The van der Waals surface area contributed by atoms with Crippen molar-refractivity contribution in [2.24, 2.45) is 4.36 Å². The molecule has 0 spiro atoms. The lowest BCUT2D eigenvalue weighted by molar-refractivity contribution is -0.159. The Hall–Kier alpha value is -2.75. The quantitative estimate of drug-likeness (QED) is 0.590. The van der Waals surface area contributed by atoms with Crippen LogP contribution in [-0.2, 0) is 21.7 Å². The fourth-order valence-corrected chi connectivity index (χ4v) is 3.75. The van der Waals surface area contributed by atoms with Crippen LogP contribution in [0.5, 0.6) is 0 Å². The van der Waals surface area contributed by atoms with Crippen LogP contribution in [0.1, 0.15) is 11.5 Å². The Labute approximate surface area is 152 Å². The first-order chi connectivity index (χ1) is 12.6. The van der Waals surface area contributed by atoms with Crippen molar-refractivity contribution in [3.8, 4) is 11.4 Å². The van der Waals surface area contributed by atoms with Gasteiger partial charge in [-0.2, -0.15) is 22.5 Å². The van der Waals surface area contributed by atoms with Crippen molar-refractivity contribution in [2.75, 3.05) is 6.26 Å². The molecule has 1 unspecified atom stereocenters. The summed E-state index contributed by atoms with van der Waals surface area (Å²) in [6, 6.07) is 11.6. The van der Waals surface area contributed by atoms with Gasteiger partial charge < -0.3 is 4.52 Å². The molecule has 10 heteroatoms. The zero-order valence-corrected chi connectivity index (χ0v) is 14.7. The first kappa shape index (κ1) is 19.0. The van der Waals surface area contributed by atoms with E-state index in [0.29, 0.717) is 16.8 Å². The second kappa shape index (κ2) is 7.10. The molecule has 0 saturated heterocycles. The highest BCUT2D eigenvalue weighted by atomic mass is 32.2. The molecule has 5 nitrogen and oxygen atoms in total. The number of benzene rings is 2.